The van der Waals surface area contributed by atoms with Gasteiger partial charge in [-0.25, -0.2) is 0 Å². The summed E-state index contributed by atoms with van der Waals surface area (Å²) in [4.78, 5) is 0. The smallest absolute Gasteiger partial charge is 0.141 e. The monoisotopic (exact) mass is 184 g/mol. The standard InChI is InChI=1S/C9H9ClO2/c10-8-5-1-3-7(9(8)12)4-2-6-11/h1-5,11-12H,6H2. The van der Waals surface area contributed by atoms with Gasteiger partial charge in [0.2, 0.25) is 0 Å². The van der Waals surface area contributed by atoms with E-state index < -0.39 is 0 Å². The minimum Gasteiger partial charge on any atom is -0.506 e. The fourth-order valence-corrected chi connectivity index (χ4v) is 1.03. The number of aliphatic hydroxyl groups is 1. The lowest BCUT2D eigenvalue weighted by atomic mass is 10.2. The fourth-order valence-electron chi connectivity index (χ4n) is 0.846. The summed E-state index contributed by atoms with van der Waals surface area (Å²) >= 11 is 5.65. The molecule has 0 spiro atoms. The molecule has 0 aliphatic heterocycles. The zero-order valence-electron chi connectivity index (χ0n) is 6.37. The molecule has 0 radical (unpaired) electrons. The van der Waals surface area contributed by atoms with Gasteiger partial charge in [-0.15, -0.1) is 0 Å². The maximum absolute atomic E-state index is 9.36. The third-order valence-electron chi connectivity index (χ3n) is 1.42. The van der Waals surface area contributed by atoms with Crippen molar-refractivity contribution < 1.29 is 10.2 Å². The molecule has 2 N–H and O–H groups in total. The van der Waals surface area contributed by atoms with Crippen LogP contribution in [0.4, 0.5) is 0 Å². The minimum atomic E-state index is -0.0496. The normalized spacial score (nSPS) is 10.8. The second-order valence-electron chi connectivity index (χ2n) is 2.26. The number of phenolic OH excluding ortho intramolecular Hbond substituents is 1. The Morgan fingerprint density at radius 1 is 1.42 bits per heavy atom. The summed E-state index contributed by atoms with van der Waals surface area (Å²) in [6.07, 6.45) is 3.15. The van der Waals surface area contributed by atoms with E-state index in [1.165, 1.54) is 6.08 Å². The topological polar surface area (TPSA) is 40.5 Å². The van der Waals surface area contributed by atoms with Crippen molar-refractivity contribution >= 4 is 17.7 Å². The molecule has 1 aromatic carbocycles. The van der Waals surface area contributed by atoms with Crippen LogP contribution in [0.25, 0.3) is 6.08 Å². The zero-order valence-corrected chi connectivity index (χ0v) is 7.12. The van der Waals surface area contributed by atoms with Crippen LogP contribution in [-0.2, 0) is 0 Å². The molecule has 0 saturated heterocycles. The highest BCUT2D eigenvalue weighted by molar-refractivity contribution is 6.32. The maximum atomic E-state index is 9.36. The van der Waals surface area contributed by atoms with Gasteiger partial charge >= 0.3 is 0 Å². The number of hydrogen-bond donors (Lipinski definition) is 2. The van der Waals surface area contributed by atoms with Gasteiger partial charge in [-0.2, -0.15) is 0 Å². The van der Waals surface area contributed by atoms with Crippen LogP contribution >= 0.6 is 11.6 Å². The van der Waals surface area contributed by atoms with Gasteiger partial charge in [0.05, 0.1) is 11.6 Å². The maximum Gasteiger partial charge on any atom is 0.141 e. The van der Waals surface area contributed by atoms with Gasteiger partial charge in [-0.05, 0) is 6.07 Å². The van der Waals surface area contributed by atoms with Crippen molar-refractivity contribution in [2.45, 2.75) is 0 Å². The van der Waals surface area contributed by atoms with E-state index in [0.29, 0.717) is 10.6 Å². The van der Waals surface area contributed by atoms with Crippen molar-refractivity contribution in [3.05, 3.63) is 34.9 Å². The van der Waals surface area contributed by atoms with Crippen molar-refractivity contribution in [3.63, 3.8) is 0 Å². The summed E-state index contributed by atoms with van der Waals surface area (Å²) in [5, 5.41) is 18.2. The van der Waals surface area contributed by atoms with Crippen LogP contribution in [0.5, 0.6) is 5.75 Å². The molecule has 0 fully saturated rings. The summed E-state index contributed by atoms with van der Waals surface area (Å²) in [5.74, 6) is 0.0452. The quantitative estimate of drug-likeness (QED) is 0.739. The summed E-state index contributed by atoms with van der Waals surface area (Å²) in [7, 11) is 0. The molecular formula is C9H9ClO2. The lowest BCUT2D eigenvalue weighted by molar-refractivity contribution is 0.343. The molecule has 3 heteroatoms. The number of phenols is 1. The molecule has 64 valence electrons. The molecule has 0 bridgehead atoms. The molecule has 0 atom stereocenters. The third kappa shape index (κ3) is 2.00. The third-order valence-corrected chi connectivity index (χ3v) is 1.73. The molecule has 1 aromatic rings. The molecule has 12 heavy (non-hydrogen) atoms. The highest BCUT2D eigenvalue weighted by atomic mass is 35.5. The van der Waals surface area contributed by atoms with Crippen LogP contribution in [0.3, 0.4) is 0 Å². The van der Waals surface area contributed by atoms with Crippen molar-refractivity contribution in [2.24, 2.45) is 0 Å². The summed E-state index contributed by atoms with van der Waals surface area (Å²) in [5.41, 5.74) is 0.608. The van der Waals surface area contributed by atoms with E-state index in [1.807, 2.05) is 0 Å². The van der Waals surface area contributed by atoms with Crippen molar-refractivity contribution in [3.8, 4) is 5.75 Å². The Kier molecular flexibility index (Phi) is 3.14. The van der Waals surface area contributed by atoms with E-state index in [0.717, 1.165) is 0 Å². The number of aliphatic hydroxyl groups excluding tert-OH is 1. The van der Waals surface area contributed by atoms with Gasteiger partial charge in [-0.1, -0.05) is 35.9 Å². The van der Waals surface area contributed by atoms with Gasteiger partial charge in [0.25, 0.3) is 0 Å². The zero-order chi connectivity index (χ0) is 8.97. The van der Waals surface area contributed by atoms with Gasteiger partial charge < -0.3 is 10.2 Å². The molecule has 0 amide bonds. The highest BCUT2D eigenvalue weighted by Crippen LogP contribution is 2.27. The van der Waals surface area contributed by atoms with Gasteiger partial charge in [-0.3, -0.25) is 0 Å². The summed E-state index contributed by atoms with van der Waals surface area (Å²) in [6.45, 7) is -0.0496. The largest absolute Gasteiger partial charge is 0.506 e. The average molecular weight is 185 g/mol. The Morgan fingerprint density at radius 3 is 2.83 bits per heavy atom. The van der Waals surface area contributed by atoms with Crippen LogP contribution in [-0.4, -0.2) is 16.8 Å². The number of benzene rings is 1. The molecule has 0 aliphatic rings. The minimum absolute atomic E-state index is 0.0452. The Bertz CT molecular complexity index is 295. The highest BCUT2D eigenvalue weighted by Gasteiger charge is 2.00. The lowest BCUT2D eigenvalue weighted by Crippen LogP contribution is -1.77. The van der Waals surface area contributed by atoms with E-state index in [4.69, 9.17) is 16.7 Å². The summed E-state index contributed by atoms with van der Waals surface area (Å²) < 4.78 is 0. The SMILES string of the molecule is OCC=Cc1cccc(Cl)c1O. The van der Waals surface area contributed by atoms with E-state index in [-0.39, 0.29) is 12.4 Å². The summed E-state index contributed by atoms with van der Waals surface area (Å²) in [6, 6.07) is 5.06. The van der Waals surface area contributed by atoms with Crippen LogP contribution in [0.2, 0.25) is 5.02 Å². The van der Waals surface area contributed by atoms with Gasteiger partial charge in [0.15, 0.2) is 0 Å². The lowest BCUT2D eigenvalue weighted by Gasteiger charge is -1.99. The average Bonchev–Trinajstić information content (AvgIpc) is 2.08. The van der Waals surface area contributed by atoms with Crippen LogP contribution < -0.4 is 0 Å². The molecule has 0 heterocycles. The Morgan fingerprint density at radius 2 is 2.17 bits per heavy atom. The number of hydrogen-bond acceptors (Lipinski definition) is 2. The first kappa shape index (κ1) is 9.10. The van der Waals surface area contributed by atoms with Crippen LogP contribution in [0.1, 0.15) is 5.56 Å². The molecular weight excluding hydrogens is 176 g/mol. The van der Waals surface area contributed by atoms with Crippen molar-refractivity contribution in [1.29, 1.82) is 0 Å². The predicted octanol–water partition coefficient (Wildman–Crippen LogP) is 2.05. The first-order chi connectivity index (χ1) is 5.75. The van der Waals surface area contributed by atoms with Crippen LogP contribution in [0, 0.1) is 0 Å². The second kappa shape index (κ2) is 4.14. The predicted molar refractivity (Wildman–Crippen MR) is 49.2 cm³/mol. The van der Waals surface area contributed by atoms with E-state index >= 15 is 0 Å². The number of aromatic hydroxyl groups is 1. The van der Waals surface area contributed by atoms with Gasteiger partial charge in [0.1, 0.15) is 5.75 Å². The molecule has 2 nitrogen and oxygen atoms in total. The fraction of sp³-hybridized carbons (Fsp3) is 0.111. The molecule has 1 rings (SSSR count). The second-order valence-corrected chi connectivity index (χ2v) is 2.67. The Labute approximate surface area is 75.7 Å². The number of rotatable bonds is 2. The van der Waals surface area contributed by atoms with E-state index in [2.05, 4.69) is 0 Å². The molecule has 0 unspecified atom stereocenters. The molecule has 0 aliphatic carbocycles. The van der Waals surface area contributed by atoms with Crippen molar-refractivity contribution in [1.82, 2.24) is 0 Å². The first-order valence-corrected chi connectivity index (χ1v) is 3.88. The van der Waals surface area contributed by atoms with Gasteiger partial charge in [0, 0.05) is 5.56 Å². The van der Waals surface area contributed by atoms with Crippen LogP contribution in [0.15, 0.2) is 24.3 Å². The van der Waals surface area contributed by atoms with E-state index in [9.17, 15) is 5.11 Å². The number of para-hydroxylation sites is 1. The van der Waals surface area contributed by atoms with Crippen molar-refractivity contribution in [2.75, 3.05) is 6.61 Å². The molecule has 0 aromatic heterocycles. The van der Waals surface area contributed by atoms with E-state index in [1.54, 1.807) is 24.3 Å². The number of halogens is 1. The first-order valence-electron chi connectivity index (χ1n) is 3.50. The molecule has 0 saturated carbocycles. The Hall–Kier alpha value is -0.990. The Balaban J connectivity index is 3.00.